The molecule has 1 amide bonds. The molecule has 1 N–H and O–H groups in total. The third-order valence-electron chi connectivity index (χ3n) is 10.1. The van der Waals surface area contributed by atoms with Gasteiger partial charge < -0.3 is 19.5 Å². The summed E-state index contributed by atoms with van der Waals surface area (Å²) in [4.78, 5) is 12.7. The van der Waals surface area contributed by atoms with Crippen LogP contribution in [0.25, 0.3) is 0 Å². The largest absolute Gasteiger partial charge is 0.446 e. The first kappa shape index (κ1) is 49.2. The molecule has 0 bridgehead atoms. The lowest BCUT2D eigenvalue weighted by molar-refractivity contribution is -0.0667. The third-order valence-corrected chi connectivity index (χ3v) is 10.1. The molecule has 5 heteroatoms. The molecular weight excluding hydrogens is 618 g/mol. The summed E-state index contributed by atoms with van der Waals surface area (Å²) in [5.74, 6) is 0. The number of rotatable bonds is 38. The molecule has 0 aromatic carbocycles. The van der Waals surface area contributed by atoms with Gasteiger partial charge in [-0.25, -0.2) is 4.79 Å². The molecule has 5 nitrogen and oxygen atoms in total. The highest BCUT2D eigenvalue weighted by atomic mass is 16.6. The van der Waals surface area contributed by atoms with Crippen molar-refractivity contribution in [2.75, 3.05) is 19.8 Å². The molecule has 0 fully saturated rings. The lowest BCUT2D eigenvalue weighted by atomic mass is 10.0. The SMILES string of the molecule is CCCCCCCCCCCCCCCCCCCC(CCCCCCCCCCCC)OC(=O)NCCCOC(C)(C)CCOC(C)(C)C. The van der Waals surface area contributed by atoms with E-state index in [2.05, 4.69) is 53.8 Å². The maximum atomic E-state index is 12.7. The molecule has 0 aromatic heterocycles. The molecule has 0 radical (unpaired) electrons. The monoisotopic (exact) mass is 710 g/mol. The number of carbonyl (C=O) groups is 1. The number of ether oxygens (including phenoxy) is 3. The van der Waals surface area contributed by atoms with Crippen molar-refractivity contribution in [3.8, 4) is 0 Å². The lowest BCUT2D eigenvalue weighted by Gasteiger charge is -2.28. The maximum Gasteiger partial charge on any atom is 0.407 e. The van der Waals surface area contributed by atoms with Crippen LogP contribution < -0.4 is 5.32 Å². The second-order valence-electron chi connectivity index (χ2n) is 17.0. The minimum atomic E-state index is -0.258. The summed E-state index contributed by atoms with van der Waals surface area (Å²) in [6, 6.07) is 0. The molecule has 0 saturated heterocycles. The molecular formula is C45H91NO4. The van der Waals surface area contributed by atoms with Gasteiger partial charge in [0.1, 0.15) is 6.10 Å². The Morgan fingerprint density at radius 2 is 0.840 bits per heavy atom. The van der Waals surface area contributed by atoms with Gasteiger partial charge in [0.25, 0.3) is 0 Å². The Bertz CT molecular complexity index is 704. The van der Waals surface area contributed by atoms with Crippen LogP contribution in [-0.4, -0.2) is 43.2 Å². The quantitative estimate of drug-likeness (QED) is 0.0648. The average molecular weight is 710 g/mol. The van der Waals surface area contributed by atoms with Crippen LogP contribution in [0.15, 0.2) is 0 Å². The van der Waals surface area contributed by atoms with Crippen molar-refractivity contribution in [1.29, 1.82) is 0 Å². The Kier molecular flexibility index (Phi) is 34.7. The van der Waals surface area contributed by atoms with Crippen LogP contribution in [0.4, 0.5) is 4.79 Å². The molecule has 0 aromatic rings. The van der Waals surface area contributed by atoms with Gasteiger partial charge in [0.05, 0.1) is 11.2 Å². The highest BCUT2D eigenvalue weighted by Crippen LogP contribution is 2.20. The van der Waals surface area contributed by atoms with Gasteiger partial charge in [-0.3, -0.25) is 0 Å². The maximum absolute atomic E-state index is 12.7. The zero-order valence-corrected chi connectivity index (χ0v) is 35.3. The standard InChI is InChI=1S/C45H91NO4/c1-8-10-12-14-16-18-20-21-22-23-24-25-26-28-30-32-34-37-42(36-33-31-29-27-19-17-15-13-11-9-2)50-43(47)46-39-35-40-49-45(6,7)38-41-48-44(3,4)5/h42H,8-41H2,1-7H3,(H,46,47). The van der Waals surface area contributed by atoms with Gasteiger partial charge in [-0.15, -0.1) is 0 Å². The number of unbranched alkanes of at least 4 members (excludes halogenated alkanes) is 25. The van der Waals surface area contributed by atoms with Crippen molar-refractivity contribution in [3.05, 3.63) is 0 Å². The second-order valence-corrected chi connectivity index (χ2v) is 17.0. The van der Waals surface area contributed by atoms with Gasteiger partial charge >= 0.3 is 6.09 Å². The van der Waals surface area contributed by atoms with E-state index in [0.717, 1.165) is 38.5 Å². The molecule has 0 aliphatic carbocycles. The zero-order chi connectivity index (χ0) is 37.0. The Labute approximate surface area is 314 Å². The van der Waals surface area contributed by atoms with Gasteiger partial charge in [0, 0.05) is 19.8 Å². The minimum Gasteiger partial charge on any atom is -0.446 e. The molecule has 1 atom stereocenters. The molecule has 0 aliphatic heterocycles. The molecule has 0 heterocycles. The predicted octanol–water partition coefficient (Wildman–Crippen LogP) is 14.8. The normalized spacial score (nSPS) is 12.8. The van der Waals surface area contributed by atoms with Crippen molar-refractivity contribution in [2.24, 2.45) is 0 Å². The molecule has 0 spiro atoms. The average Bonchev–Trinajstić information content (AvgIpc) is 3.05. The predicted molar refractivity (Wildman–Crippen MR) is 218 cm³/mol. The van der Waals surface area contributed by atoms with Crippen molar-refractivity contribution in [3.63, 3.8) is 0 Å². The summed E-state index contributed by atoms with van der Waals surface area (Å²) >= 11 is 0. The number of hydrogen-bond acceptors (Lipinski definition) is 4. The topological polar surface area (TPSA) is 56.8 Å². The molecule has 1 unspecified atom stereocenters. The molecule has 0 saturated carbocycles. The Balaban J connectivity index is 4.18. The van der Waals surface area contributed by atoms with Crippen LogP contribution in [0.3, 0.4) is 0 Å². The van der Waals surface area contributed by atoms with Gasteiger partial charge in [-0.05, 0) is 73.1 Å². The van der Waals surface area contributed by atoms with Crippen LogP contribution in [0.1, 0.15) is 248 Å². The number of carbonyl (C=O) groups excluding carboxylic acids is 1. The Morgan fingerprint density at radius 1 is 0.480 bits per heavy atom. The molecule has 300 valence electrons. The van der Waals surface area contributed by atoms with Crippen LogP contribution in [-0.2, 0) is 14.2 Å². The van der Waals surface area contributed by atoms with Gasteiger partial charge in [-0.2, -0.15) is 0 Å². The van der Waals surface area contributed by atoms with E-state index in [0.29, 0.717) is 19.8 Å². The summed E-state index contributed by atoms with van der Waals surface area (Å²) in [5.41, 5.74) is -0.365. The van der Waals surface area contributed by atoms with Crippen LogP contribution in [0, 0.1) is 0 Å². The fourth-order valence-corrected chi connectivity index (χ4v) is 6.70. The van der Waals surface area contributed by atoms with E-state index < -0.39 is 0 Å². The van der Waals surface area contributed by atoms with E-state index in [9.17, 15) is 4.79 Å². The molecule has 0 rings (SSSR count). The van der Waals surface area contributed by atoms with Gasteiger partial charge in [0.15, 0.2) is 0 Å². The van der Waals surface area contributed by atoms with Crippen LogP contribution >= 0.6 is 0 Å². The smallest absolute Gasteiger partial charge is 0.407 e. The zero-order valence-electron chi connectivity index (χ0n) is 35.3. The highest BCUT2D eigenvalue weighted by Gasteiger charge is 2.20. The Hall–Kier alpha value is -0.810. The van der Waals surface area contributed by atoms with Gasteiger partial charge in [0.2, 0.25) is 0 Å². The van der Waals surface area contributed by atoms with E-state index >= 15 is 0 Å². The second kappa shape index (κ2) is 35.2. The fourth-order valence-electron chi connectivity index (χ4n) is 6.70. The summed E-state index contributed by atoms with van der Waals surface area (Å²) in [6.45, 7) is 16.9. The van der Waals surface area contributed by atoms with E-state index in [-0.39, 0.29) is 23.4 Å². The molecule has 50 heavy (non-hydrogen) atoms. The lowest BCUT2D eigenvalue weighted by Crippen LogP contribution is -2.32. The van der Waals surface area contributed by atoms with Crippen molar-refractivity contribution >= 4 is 6.09 Å². The number of hydrogen-bond donors (Lipinski definition) is 1. The number of alkyl carbamates (subject to hydrolysis) is 1. The minimum absolute atomic E-state index is 0.0402. The van der Waals surface area contributed by atoms with Crippen LogP contribution in [0.2, 0.25) is 0 Å². The van der Waals surface area contributed by atoms with Crippen LogP contribution in [0.5, 0.6) is 0 Å². The number of amides is 1. The summed E-state index contributed by atoms with van der Waals surface area (Å²) < 4.78 is 17.9. The van der Waals surface area contributed by atoms with E-state index in [4.69, 9.17) is 14.2 Å². The fraction of sp³-hybridized carbons (Fsp3) is 0.978. The summed E-state index contributed by atoms with van der Waals surface area (Å²) in [6.07, 6.45) is 40.3. The van der Waals surface area contributed by atoms with Crippen molar-refractivity contribution in [1.82, 2.24) is 5.32 Å². The summed E-state index contributed by atoms with van der Waals surface area (Å²) in [7, 11) is 0. The van der Waals surface area contributed by atoms with Crippen molar-refractivity contribution < 1.29 is 19.0 Å². The summed E-state index contributed by atoms with van der Waals surface area (Å²) in [5, 5.41) is 2.99. The van der Waals surface area contributed by atoms with E-state index in [1.165, 1.54) is 161 Å². The highest BCUT2D eigenvalue weighted by molar-refractivity contribution is 5.67. The first-order chi connectivity index (χ1) is 24.1. The first-order valence-electron chi connectivity index (χ1n) is 22.3. The third kappa shape index (κ3) is 38.4. The van der Waals surface area contributed by atoms with Gasteiger partial charge in [-0.1, -0.05) is 174 Å². The Morgan fingerprint density at radius 3 is 1.20 bits per heavy atom. The van der Waals surface area contributed by atoms with E-state index in [1.807, 2.05) is 0 Å². The number of nitrogens with one attached hydrogen (secondary N) is 1. The molecule has 0 aliphatic rings. The van der Waals surface area contributed by atoms with E-state index in [1.54, 1.807) is 0 Å². The van der Waals surface area contributed by atoms with Crippen molar-refractivity contribution in [2.45, 2.75) is 265 Å². The first-order valence-corrected chi connectivity index (χ1v) is 22.3.